The molecule has 2 nitrogen and oxygen atoms in total. The van der Waals surface area contributed by atoms with E-state index in [0.717, 1.165) is 25.3 Å². The summed E-state index contributed by atoms with van der Waals surface area (Å²) in [7, 11) is 0. The summed E-state index contributed by atoms with van der Waals surface area (Å²) in [5, 5.41) is 3.44. The van der Waals surface area contributed by atoms with Gasteiger partial charge in [-0.1, -0.05) is 32.0 Å². The van der Waals surface area contributed by atoms with Crippen LogP contribution in [0.25, 0.3) is 0 Å². The largest absolute Gasteiger partial charge is 0.493 e. The fourth-order valence-electron chi connectivity index (χ4n) is 2.51. The summed E-state index contributed by atoms with van der Waals surface area (Å²) in [4.78, 5) is 0. The van der Waals surface area contributed by atoms with Gasteiger partial charge in [-0.25, -0.2) is 0 Å². The Morgan fingerprint density at radius 3 is 2.94 bits per heavy atom. The van der Waals surface area contributed by atoms with Gasteiger partial charge >= 0.3 is 0 Å². The standard InChI is InChI=1S/C16H25NO/c1-3-13(2)15-8-4-5-9-16(15)18-12-14-7-6-10-17-11-14/h4-5,8-9,13-14,17H,3,6-7,10-12H2,1-2H3/t13-,14-/m1/s1. The van der Waals surface area contributed by atoms with Crippen LogP contribution in [0.5, 0.6) is 5.75 Å². The van der Waals surface area contributed by atoms with E-state index in [1.807, 2.05) is 0 Å². The predicted octanol–water partition coefficient (Wildman–Crippen LogP) is 3.58. The normalized spacial score (nSPS) is 21.6. The molecular weight excluding hydrogens is 222 g/mol. The number of piperidine rings is 1. The molecule has 0 aliphatic carbocycles. The quantitative estimate of drug-likeness (QED) is 0.858. The van der Waals surface area contributed by atoms with Gasteiger partial charge in [0.1, 0.15) is 5.75 Å². The molecule has 1 fully saturated rings. The Morgan fingerprint density at radius 2 is 2.22 bits per heavy atom. The summed E-state index contributed by atoms with van der Waals surface area (Å²) in [5.74, 6) is 2.33. The summed E-state index contributed by atoms with van der Waals surface area (Å²) in [6, 6.07) is 8.48. The van der Waals surface area contributed by atoms with Crippen molar-refractivity contribution in [3.63, 3.8) is 0 Å². The maximum atomic E-state index is 6.06. The summed E-state index contributed by atoms with van der Waals surface area (Å²) in [6.07, 6.45) is 3.73. The van der Waals surface area contributed by atoms with Crippen LogP contribution < -0.4 is 10.1 Å². The van der Waals surface area contributed by atoms with Gasteiger partial charge in [0.15, 0.2) is 0 Å². The lowest BCUT2D eigenvalue weighted by Gasteiger charge is -2.24. The van der Waals surface area contributed by atoms with Gasteiger partial charge in [-0.3, -0.25) is 0 Å². The van der Waals surface area contributed by atoms with Crippen molar-refractivity contribution >= 4 is 0 Å². The third-order valence-electron chi connectivity index (χ3n) is 3.94. The van der Waals surface area contributed by atoms with E-state index >= 15 is 0 Å². The number of para-hydroxylation sites is 1. The van der Waals surface area contributed by atoms with E-state index in [1.165, 1.54) is 24.9 Å². The minimum atomic E-state index is 0.575. The monoisotopic (exact) mass is 247 g/mol. The third-order valence-corrected chi connectivity index (χ3v) is 3.94. The van der Waals surface area contributed by atoms with Crippen molar-refractivity contribution in [2.24, 2.45) is 5.92 Å². The predicted molar refractivity (Wildman–Crippen MR) is 76.2 cm³/mol. The zero-order chi connectivity index (χ0) is 12.8. The Hall–Kier alpha value is -1.02. The van der Waals surface area contributed by atoms with E-state index in [4.69, 9.17) is 4.74 Å². The number of ether oxygens (including phenoxy) is 1. The molecule has 0 radical (unpaired) electrons. The highest BCUT2D eigenvalue weighted by Gasteiger charge is 2.15. The molecule has 18 heavy (non-hydrogen) atoms. The minimum Gasteiger partial charge on any atom is -0.493 e. The average molecular weight is 247 g/mol. The fraction of sp³-hybridized carbons (Fsp3) is 0.625. The highest BCUT2D eigenvalue weighted by Crippen LogP contribution is 2.29. The van der Waals surface area contributed by atoms with Crippen molar-refractivity contribution < 1.29 is 4.74 Å². The molecule has 1 aromatic carbocycles. The van der Waals surface area contributed by atoms with Gasteiger partial charge in [0, 0.05) is 12.5 Å². The summed E-state index contributed by atoms with van der Waals surface area (Å²) in [5.41, 5.74) is 1.35. The second-order valence-electron chi connectivity index (χ2n) is 5.37. The Labute approximate surface area is 111 Å². The smallest absolute Gasteiger partial charge is 0.122 e. The van der Waals surface area contributed by atoms with Crippen LogP contribution in [0.1, 0.15) is 44.6 Å². The number of benzene rings is 1. The fourth-order valence-corrected chi connectivity index (χ4v) is 2.51. The van der Waals surface area contributed by atoms with Crippen molar-refractivity contribution in [1.82, 2.24) is 5.32 Å². The van der Waals surface area contributed by atoms with Gasteiger partial charge in [0.05, 0.1) is 6.61 Å². The first-order chi connectivity index (χ1) is 8.81. The number of rotatable bonds is 5. The highest BCUT2D eigenvalue weighted by molar-refractivity contribution is 5.35. The van der Waals surface area contributed by atoms with Gasteiger partial charge < -0.3 is 10.1 Å². The van der Waals surface area contributed by atoms with Crippen LogP contribution in [0, 0.1) is 5.92 Å². The first kappa shape index (κ1) is 13.4. The van der Waals surface area contributed by atoms with Crippen LogP contribution in [0.3, 0.4) is 0 Å². The zero-order valence-electron chi connectivity index (χ0n) is 11.6. The summed E-state index contributed by atoms with van der Waals surface area (Å²) < 4.78 is 6.06. The molecule has 1 saturated heterocycles. The van der Waals surface area contributed by atoms with Gasteiger partial charge in [-0.15, -0.1) is 0 Å². The lowest BCUT2D eigenvalue weighted by atomic mass is 9.97. The van der Waals surface area contributed by atoms with E-state index in [9.17, 15) is 0 Å². The molecule has 1 aromatic rings. The van der Waals surface area contributed by atoms with Crippen LogP contribution in [0.15, 0.2) is 24.3 Å². The molecule has 0 saturated carbocycles. The Bertz CT molecular complexity index is 358. The van der Waals surface area contributed by atoms with Gasteiger partial charge in [-0.2, -0.15) is 0 Å². The SMILES string of the molecule is CC[C@@H](C)c1ccccc1OC[C@@H]1CCCNC1. The van der Waals surface area contributed by atoms with Crippen LogP contribution in [-0.4, -0.2) is 19.7 Å². The van der Waals surface area contributed by atoms with Crippen LogP contribution >= 0.6 is 0 Å². The molecular formula is C16H25NO. The second-order valence-corrected chi connectivity index (χ2v) is 5.37. The topological polar surface area (TPSA) is 21.3 Å². The molecule has 2 atom stereocenters. The Balaban J connectivity index is 1.95. The van der Waals surface area contributed by atoms with Gasteiger partial charge in [-0.05, 0) is 43.4 Å². The molecule has 0 unspecified atom stereocenters. The number of hydrogen-bond donors (Lipinski definition) is 1. The molecule has 1 aliphatic heterocycles. The van der Waals surface area contributed by atoms with Crippen LogP contribution in [-0.2, 0) is 0 Å². The van der Waals surface area contributed by atoms with Crippen molar-refractivity contribution in [2.75, 3.05) is 19.7 Å². The van der Waals surface area contributed by atoms with E-state index in [1.54, 1.807) is 0 Å². The van der Waals surface area contributed by atoms with Crippen molar-refractivity contribution in [2.45, 2.75) is 39.0 Å². The lowest BCUT2D eigenvalue weighted by molar-refractivity contribution is 0.216. The van der Waals surface area contributed by atoms with Crippen molar-refractivity contribution in [3.05, 3.63) is 29.8 Å². The van der Waals surface area contributed by atoms with Crippen LogP contribution in [0.2, 0.25) is 0 Å². The van der Waals surface area contributed by atoms with Gasteiger partial charge in [0.2, 0.25) is 0 Å². The molecule has 100 valence electrons. The molecule has 0 amide bonds. The second kappa shape index (κ2) is 6.79. The molecule has 1 aliphatic rings. The van der Waals surface area contributed by atoms with Crippen LogP contribution in [0.4, 0.5) is 0 Å². The first-order valence-corrected chi connectivity index (χ1v) is 7.23. The third kappa shape index (κ3) is 3.49. The zero-order valence-corrected chi connectivity index (χ0v) is 11.6. The highest BCUT2D eigenvalue weighted by atomic mass is 16.5. The average Bonchev–Trinajstić information content (AvgIpc) is 2.45. The maximum absolute atomic E-state index is 6.06. The maximum Gasteiger partial charge on any atom is 0.122 e. The van der Waals surface area contributed by atoms with E-state index in [2.05, 4.69) is 43.4 Å². The number of nitrogens with one attached hydrogen (secondary N) is 1. The van der Waals surface area contributed by atoms with Crippen molar-refractivity contribution in [1.29, 1.82) is 0 Å². The molecule has 2 heteroatoms. The lowest BCUT2D eigenvalue weighted by Crippen LogP contribution is -2.33. The molecule has 2 rings (SSSR count). The summed E-state index contributed by atoms with van der Waals surface area (Å²) in [6.45, 7) is 7.61. The molecule has 0 bridgehead atoms. The molecule has 1 N–H and O–H groups in total. The van der Waals surface area contributed by atoms with E-state index in [0.29, 0.717) is 11.8 Å². The number of hydrogen-bond acceptors (Lipinski definition) is 2. The first-order valence-electron chi connectivity index (χ1n) is 7.23. The summed E-state index contributed by atoms with van der Waals surface area (Å²) >= 11 is 0. The van der Waals surface area contributed by atoms with E-state index in [-0.39, 0.29) is 0 Å². The Morgan fingerprint density at radius 1 is 1.39 bits per heavy atom. The Kier molecular flexibility index (Phi) is 5.06. The molecule has 0 aromatic heterocycles. The minimum absolute atomic E-state index is 0.575. The molecule has 1 heterocycles. The molecule has 0 spiro atoms. The van der Waals surface area contributed by atoms with E-state index < -0.39 is 0 Å². The van der Waals surface area contributed by atoms with Crippen molar-refractivity contribution in [3.8, 4) is 5.75 Å². The van der Waals surface area contributed by atoms with Gasteiger partial charge in [0.25, 0.3) is 0 Å².